The van der Waals surface area contributed by atoms with Gasteiger partial charge in [-0.2, -0.15) is 0 Å². The smallest absolute Gasteiger partial charge is 0.115 e. The van der Waals surface area contributed by atoms with Gasteiger partial charge in [0.1, 0.15) is 6.33 Å². The molecule has 0 aliphatic heterocycles. The van der Waals surface area contributed by atoms with Crippen molar-refractivity contribution in [3.63, 3.8) is 0 Å². The van der Waals surface area contributed by atoms with Crippen LogP contribution in [0.1, 0.15) is 19.8 Å². The van der Waals surface area contributed by atoms with Crippen LogP contribution in [0.2, 0.25) is 0 Å². The molecule has 4 nitrogen and oxygen atoms in total. The molecular weight excluding hydrogens is 200 g/mol. The molecular formula is C12H16N4. The van der Waals surface area contributed by atoms with Crippen LogP contribution in [0.4, 0.5) is 0 Å². The molecule has 84 valence electrons. The van der Waals surface area contributed by atoms with Gasteiger partial charge in [0.05, 0.1) is 11.9 Å². The zero-order valence-electron chi connectivity index (χ0n) is 9.43. The van der Waals surface area contributed by atoms with Crippen molar-refractivity contribution in [2.24, 2.45) is 0 Å². The number of imidazole rings is 1. The number of aromatic nitrogens is 3. The fraction of sp³-hybridized carbons (Fsp3) is 0.333. The molecule has 0 radical (unpaired) electrons. The molecule has 4 heteroatoms. The molecule has 0 unspecified atom stereocenters. The van der Waals surface area contributed by atoms with E-state index in [4.69, 9.17) is 0 Å². The van der Waals surface area contributed by atoms with Crippen molar-refractivity contribution in [1.29, 1.82) is 0 Å². The third-order valence-electron chi connectivity index (χ3n) is 2.36. The topological polar surface area (TPSA) is 42.7 Å². The van der Waals surface area contributed by atoms with Crippen LogP contribution < -0.4 is 5.43 Å². The Bertz CT molecular complexity index is 422. The molecule has 0 atom stereocenters. The number of nitrogens with zero attached hydrogens (tertiary/aromatic N) is 3. The van der Waals surface area contributed by atoms with Crippen molar-refractivity contribution in [3.8, 4) is 11.3 Å². The van der Waals surface area contributed by atoms with Crippen molar-refractivity contribution in [2.45, 2.75) is 19.8 Å². The van der Waals surface area contributed by atoms with Crippen LogP contribution in [0.15, 0.2) is 37.1 Å². The first-order valence-corrected chi connectivity index (χ1v) is 5.58. The molecule has 0 saturated heterocycles. The maximum absolute atomic E-state index is 4.33. The second-order valence-electron chi connectivity index (χ2n) is 3.67. The van der Waals surface area contributed by atoms with Crippen molar-refractivity contribution in [1.82, 2.24) is 14.6 Å². The third kappa shape index (κ3) is 2.59. The van der Waals surface area contributed by atoms with Gasteiger partial charge in [-0.3, -0.25) is 9.66 Å². The summed E-state index contributed by atoms with van der Waals surface area (Å²) in [4.78, 5) is 8.40. The summed E-state index contributed by atoms with van der Waals surface area (Å²) < 4.78 is 1.90. The summed E-state index contributed by atoms with van der Waals surface area (Å²) in [6.07, 6.45) is 9.71. The molecule has 0 spiro atoms. The normalized spacial score (nSPS) is 10.3. The van der Waals surface area contributed by atoms with Crippen molar-refractivity contribution >= 4 is 0 Å². The van der Waals surface area contributed by atoms with Gasteiger partial charge >= 0.3 is 0 Å². The van der Waals surface area contributed by atoms with Gasteiger partial charge in [-0.25, -0.2) is 4.98 Å². The van der Waals surface area contributed by atoms with Crippen LogP contribution >= 0.6 is 0 Å². The minimum Gasteiger partial charge on any atom is -0.325 e. The van der Waals surface area contributed by atoms with Gasteiger partial charge in [-0.15, -0.1) is 0 Å². The van der Waals surface area contributed by atoms with Crippen molar-refractivity contribution < 1.29 is 0 Å². The molecule has 0 aromatic carbocycles. The fourth-order valence-corrected chi connectivity index (χ4v) is 1.46. The fourth-order valence-electron chi connectivity index (χ4n) is 1.46. The van der Waals surface area contributed by atoms with Crippen molar-refractivity contribution in [2.75, 3.05) is 12.0 Å². The zero-order valence-corrected chi connectivity index (χ0v) is 9.43. The summed E-state index contributed by atoms with van der Waals surface area (Å²) in [6, 6.07) is 3.92. The Hall–Kier alpha value is -1.84. The van der Waals surface area contributed by atoms with E-state index in [0.717, 1.165) is 17.8 Å². The SMILES string of the molecule is CCCCNn1cnc(-c2cccnc2)c1. The number of nitrogens with one attached hydrogen (secondary N) is 1. The lowest BCUT2D eigenvalue weighted by Gasteiger charge is -2.04. The molecule has 0 saturated carbocycles. The summed E-state index contributed by atoms with van der Waals surface area (Å²) in [5.41, 5.74) is 5.25. The van der Waals surface area contributed by atoms with E-state index in [2.05, 4.69) is 22.3 Å². The van der Waals surface area contributed by atoms with Gasteiger partial charge < -0.3 is 5.43 Å². The lowest BCUT2D eigenvalue weighted by molar-refractivity contribution is 0.752. The Kier molecular flexibility index (Phi) is 3.53. The number of unbranched alkanes of at least 4 members (excludes halogenated alkanes) is 1. The maximum atomic E-state index is 4.33. The molecule has 0 bridgehead atoms. The van der Waals surface area contributed by atoms with E-state index >= 15 is 0 Å². The molecule has 2 aromatic heterocycles. The highest BCUT2D eigenvalue weighted by Gasteiger charge is 2.00. The number of hydrogen-bond acceptors (Lipinski definition) is 3. The average Bonchev–Trinajstić information content (AvgIpc) is 2.79. The molecule has 2 rings (SSSR count). The largest absolute Gasteiger partial charge is 0.325 e. The number of rotatable bonds is 5. The quantitative estimate of drug-likeness (QED) is 0.780. The van der Waals surface area contributed by atoms with E-state index in [-0.39, 0.29) is 0 Å². The van der Waals surface area contributed by atoms with E-state index in [1.165, 1.54) is 12.8 Å². The first kappa shape index (κ1) is 10.7. The Morgan fingerprint density at radius 3 is 3.12 bits per heavy atom. The van der Waals surface area contributed by atoms with Crippen molar-refractivity contribution in [3.05, 3.63) is 37.1 Å². The highest BCUT2D eigenvalue weighted by Crippen LogP contribution is 2.13. The predicted octanol–water partition coefficient (Wildman–Crippen LogP) is 2.29. The Morgan fingerprint density at radius 2 is 2.38 bits per heavy atom. The van der Waals surface area contributed by atoms with Crippen LogP contribution in [0.25, 0.3) is 11.3 Å². The molecule has 16 heavy (non-hydrogen) atoms. The highest BCUT2D eigenvalue weighted by molar-refractivity contribution is 5.56. The van der Waals surface area contributed by atoms with Crippen LogP contribution in [-0.2, 0) is 0 Å². The molecule has 2 heterocycles. The third-order valence-corrected chi connectivity index (χ3v) is 2.36. The van der Waals surface area contributed by atoms with Gasteiger partial charge in [-0.05, 0) is 18.6 Å². The molecule has 0 aliphatic rings. The van der Waals surface area contributed by atoms with E-state index in [0.29, 0.717) is 0 Å². The molecule has 0 fully saturated rings. The zero-order chi connectivity index (χ0) is 11.2. The van der Waals surface area contributed by atoms with Gasteiger partial charge in [0.2, 0.25) is 0 Å². The van der Waals surface area contributed by atoms with Gasteiger partial charge in [-0.1, -0.05) is 13.3 Å². The lowest BCUT2D eigenvalue weighted by atomic mass is 10.2. The maximum Gasteiger partial charge on any atom is 0.115 e. The Labute approximate surface area is 95.3 Å². The summed E-state index contributed by atoms with van der Waals surface area (Å²) in [6.45, 7) is 3.15. The van der Waals surface area contributed by atoms with Crippen LogP contribution in [0, 0.1) is 0 Å². The van der Waals surface area contributed by atoms with Crippen LogP contribution in [0.3, 0.4) is 0 Å². The van der Waals surface area contributed by atoms with E-state index in [9.17, 15) is 0 Å². The minimum atomic E-state index is 0.942. The molecule has 1 N–H and O–H groups in total. The molecule has 2 aromatic rings. The van der Waals surface area contributed by atoms with Gasteiger partial charge in [0, 0.05) is 24.5 Å². The van der Waals surface area contributed by atoms with Crippen LogP contribution in [0.5, 0.6) is 0 Å². The van der Waals surface area contributed by atoms with Gasteiger partial charge in [0.15, 0.2) is 0 Å². The second kappa shape index (κ2) is 5.30. The van der Waals surface area contributed by atoms with E-state index < -0.39 is 0 Å². The first-order chi connectivity index (χ1) is 7.90. The predicted molar refractivity (Wildman–Crippen MR) is 64.6 cm³/mol. The molecule has 0 aliphatic carbocycles. The monoisotopic (exact) mass is 216 g/mol. The highest BCUT2D eigenvalue weighted by atomic mass is 15.4. The standard InChI is InChI=1S/C12H16N4/c1-2-3-7-15-16-9-12(14-10-16)11-5-4-6-13-8-11/h4-6,8-10,15H,2-3,7H2,1H3. The lowest BCUT2D eigenvalue weighted by Crippen LogP contribution is -2.13. The van der Waals surface area contributed by atoms with E-state index in [1.54, 1.807) is 12.5 Å². The summed E-state index contributed by atoms with van der Waals surface area (Å²) >= 11 is 0. The van der Waals surface area contributed by atoms with E-state index in [1.807, 2.05) is 29.2 Å². The van der Waals surface area contributed by atoms with Crippen LogP contribution in [-0.4, -0.2) is 21.2 Å². The summed E-state index contributed by atoms with van der Waals surface area (Å²) in [7, 11) is 0. The minimum absolute atomic E-state index is 0.942. The second-order valence-corrected chi connectivity index (χ2v) is 3.67. The number of pyridine rings is 1. The Balaban J connectivity index is 2.02. The summed E-state index contributed by atoms with van der Waals surface area (Å²) in [5.74, 6) is 0. The molecule has 0 amide bonds. The Morgan fingerprint density at radius 1 is 1.44 bits per heavy atom. The summed E-state index contributed by atoms with van der Waals surface area (Å²) in [5, 5.41) is 0. The first-order valence-electron chi connectivity index (χ1n) is 5.58. The number of hydrogen-bond donors (Lipinski definition) is 1. The van der Waals surface area contributed by atoms with Gasteiger partial charge in [0.25, 0.3) is 0 Å². The average molecular weight is 216 g/mol.